The van der Waals surface area contributed by atoms with E-state index in [9.17, 15) is 8.42 Å². The zero-order valence-corrected chi connectivity index (χ0v) is 15.9. The Balaban J connectivity index is 1.53. The lowest BCUT2D eigenvalue weighted by atomic mass is 10.3. The largest absolute Gasteiger partial charge is 0.461 e. The maximum absolute atomic E-state index is 11.3. The Bertz CT molecular complexity index is 877. The summed E-state index contributed by atoms with van der Waals surface area (Å²) < 4.78 is 33.8. The molecule has 0 radical (unpaired) electrons. The first kappa shape index (κ1) is 19.4. The van der Waals surface area contributed by atoms with Crippen LogP contribution in [-0.4, -0.2) is 60.8 Å². The first-order chi connectivity index (χ1) is 12.9. The molecule has 144 valence electrons. The Morgan fingerprint density at radius 2 is 2.04 bits per heavy atom. The Morgan fingerprint density at radius 1 is 1.33 bits per heavy atom. The van der Waals surface area contributed by atoms with E-state index in [4.69, 9.17) is 26.8 Å². The molecule has 9 nitrogen and oxygen atoms in total. The smallest absolute Gasteiger partial charge is 0.316 e. The van der Waals surface area contributed by atoms with Gasteiger partial charge in [-0.05, 0) is 42.5 Å². The lowest BCUT2D eigenvalue weighted by Crippen LogP contribution is -2.49. The van der Waals surface area contributed by atoms with Gasteiger partial charge in [-0.15, -0.1) is 0 Å². The van der Waals surface area contributed by atoms with Gasteiger partial charge in [0.25, 0.3) is 0 Å². The third kappa shape index (κ3) is 5.57. The van der Waals surface area contributed by atoms with Crippen molar-refractivity contribution in [2.45, 2.75) is 11.0 Å². The summed E-state index contributed by atoms with van der Waals surface area (Å²) in [7, 11) is -3.72. The molecule has 1 aromatic heterocycles. The van der Waals surface area contributed by atoms with Crippen LogP contribution < -0.4 is 15.2 Å². The van der Waals surface area contributed by atoms with Crippen molar-refractivity contribution in [2.24, 2.45) is 5.14 Å². The van der Waals surface area contributed by atoms with Gasteiger partial charge in [-0.3, -0.25) is 0 Å². The summed E-state index contributed by atoms with van der Waals surface area (Å²) in [5.74, 6) is 0. The van der Waals surface area contributed by atoms with Crippen LogP contribution in [0, 0.1) is 0 Å². The molecule has 0 spiro atoms. The van der Waals surface area contributed by atoms with Crippen molar-refractivity contribution in [1.82, 2.24) is 14.9 Å². The van der Waals surface area contributed by atoms with Gasteiger partial charge in [0.05, 0.1) is 11.5 Å². The summed E-state index contributed by atoms with van der Waals surface area (Å²) in [5, 5.41) is 8.70. The molecule has 3 N–H and O–H groups in total. The highest BCUT2D eigenvalue weighted by molar-refractivity contribution is 7.89. The van der Waals surface area contributed by atoms with E-state index in [1.165, 1.54) is 12.1 Å². The molecule has 1 saturated heterocycles. The average molecular weight is 409 g/mol. The number of hydrogen-bond acceptors (Lipinski definition) is 7. The number of aromatic nitrogens is 2. The van der Waals surface area contributed by atoms with E-state index >= 15 is 0 Å². The van der Waals surface area contributed by atoms with E-state index in [0.29, 0.717) is 43.1 Å². The van der Waals surface area contributed by atoms with Crippen LogP contribution in [-0.2, 0) is 14.8 Å². The zero-order valence-electron chi connectivity index (χ0n) is 14.3. The molecule has 11 heteroatoms. The Kier molecular flexibility index (Phi) is 6.16. The van der Waals surface area contributed by atoms with Crippen LogP contribution in [0.25, 0.3) is 0 Å². The first-order valence-electron chi connectivity index (χ1n) is 8.12. The van der Waals surface area contributed by atoms with Gasteiger partial charge in [-0.1, -0.05) is 0 Å². The molecule has 1 aliphatic rings. The molecule has 3 rings (SSSR count). The van der Waals surface area contributed by atoms with Crippen molar-refractivity contribution >= 4 is 33.0 Å². The molecule has 2 heterocycles. The number of benzene rings is 1. The van der Waals surface area contributed by atoms with E-state index in [1.807, 2.05) is 4.90 Å². The van der Waals surface area contributed by atoms with Crippen LogP contribution in [0.3, 0.4) is 0 Å². The first-order valence-corrected chi connectivity index (χ1v) is 10.1. The standard InChI is InChI=1S/C16H19N5O4S2/c17-27(22,23)14-4-2-12(3-5-14)20-16(26)21-8-9-24-13(10-21)11-25-15-18-6-1-7-19-15/h1-7,13H,8-11H2,(H,20,26)(H2,17,22,23). The van der Waals surface area contributed by atoms with E-state index in [-0.39, 0.29) is 11.0 Å². The monoisotopic (exact) mass is 409 g/mol. The number of nitrogens with two attached hydrogens (primary N) is 1. The summed E-state index contributed by atoms with van der Waals surface area (Å²) in [6.07, 6.45) is 3.04. The minimum absolute atomic E-state index is 0.0469. The zero-order chi connectivity index (χ0) is 19.3. The van der Waals surface area contributed by atoms with E-state index in [1.54, 1.807) is 30.6 Å². The second-order valence-corrected chi connectivity index (χ2v) is 7.73. The predicted molar refractivity (Wildman–Crippen MR) is 103 cm³/mol. The summed E-state index contributed by atoms with van der Waals surface area (Å²) in [6.45, 7) is 2.01. The normalized spacial score (nSPS) is 17.4. The Morgan fingerprint density at radius 3 is 2.70 bits per heavy atom. The van der Waals surface area contributed by atoms with Crippen molar-refractivity contribution in [3.8, 4) is 6.01 Å². The molecule has 1 aromatic carbocycles. The van der Waals surface area contributed by atoms with Crippen molar-refractivity contribution in [3.63, 3.8) is 0 Å². The van der Waals surface area contributed by atoms with E-state index in [0.717, 1.165) is 0 Å². The van der Waals surface area contributed by atoms with Gasteiger partial charge in [-0.25, -0.2) is 23.5 Å². The number of rotatable bonds is 5. The molecular weight excluding hydrogens is 390 g/mol. The van der Waals surface area contributed by atoms with Crippen LogP contribution in [0.1, 0.15) is 0 Å². The van der Waals surface area contributed by atoms with Crippen molar-refractivity contribution in [1.29, 1.82) is 0 Å². The van der Waals surface area contributed by atoms with Gasteiger partial charge in [0.1, 0.15) is 12.7 Å². The fraction of sp³-hybridized carbons (Fsp3) is 0.312. The Labute approximate surface area is 162 Å². The number of nitrogens with one attached hydrogen (secondary N) is 1. The van der Waals surface area contributed by atoms with E-state index in [2.05, 4.69) is 15.3 Å². The fourth-order valence-electron chi connectivity index (χ4n) is 2.46. The minimum Gasteiger partial charge on any atom is -0.461 e. The second kappa shape index (κ2) is 8.57. The van der Waals surface area contributed by atoms with Crippen LogP contribution in [0.5, 0.6) is 6.01 Å². The highest BCUT2D eigenvalue weighted by Gasteiger charge is 2.23. The number of ether oxygens (including phenoxy) is 2. The summed E-state index contributed by atoms with van der Waals surface area (Å²) in [6, 6.07) is 8.09. The predicted octanol–water partition coefficient (Wildman–Crippen LogP) is 0.601. The van der Waals surface area contributed by atoms with Crippen LogP contribution in [0.2, 0.25) is 0 Å². The number of primary sulfonamides is 1. The molecule has 1 unspecified atom stereocenters. The maximum Gasteiger partial charge on any atom is 0.316 e. The highest BCUT2D eigenvalue weighted by atomic mass is 32.2. The number of anilines is 1. The highest BCUT2D eigenvalue weighted by Crippen LogP contribution is 2.15. The molecule has 0 aliphatic carbocycles. The number of morpholine rings is 1. The molecule has 1 aliphatic heterocycles. The second-order valence-electron chi connectivity index (χ2n) is 5.78. The number of hydrogen-bond donors (Lipinski definition) is 2. The summed E-state index contributed by atoms with van der Waals surface area (Å²) in [5.41, 5.74) is 0.671. The van der Waals surface area contributed by atoms with Crippen LogP contribution >= 0.6 is 12.2 Å². The van der Waals surface area contributed by atoms with Crippen molar-refractivity contribution in [3.05, 3.63) is 42.7 Å². The van der Waals surface area contributed by atoms with Crippen molar-refractivity contribution in [2.75, 3.05) is 31.6 Å². The quantitative estimate of drug-likeness (QED) is 0.684. The van der Waals surface area contributed by atoms with Gasteiger partial charge in [0.2, 0.25) is 10.0 Å². The molecule has 27 heavy (non-hydrogen) atoms. The topological polar surface area (TPSA) is 120 Å². The molecule has 0 amide bonds. The van der Waals surface area contributed by atoms with Gasteiger partial charge in [0.15, 0.2) is 5.11 Å². The molecule has 2 aromatic rings. The lowest BCUT2D eigenvalue weighted by molar-refractivity contribution is -0.0295. The summed E-state index contributed by atoms with van der Waals surface area (Å²) in [4.78, 5) is 10.0. The SMILES string of the molecule is NS(=O)(=O)c1ccc(NC(=S)N2CCOC(COc3ncccn3)C2)cc1. The minimum atomic E-state index is -3.72. The van der Waals surface area contributed by atoms with E-state index < -0.39 is 10.0 Å². The third-order valence-electron chi connectivity index (χ3n) is 3.80. The number of nitrogens with zero attached hydrogens (tertiary/aromatic N) is 3. The average Bonchev–Trinajstić information content (AvgIpc) is 2.67. The number of sulfonamides is 1. The molecule has 0 saturated carbocycles. The number of thiocarbonyl (C=S) groups is 1. The van der Waals surface area contributed by atoms with Gasteiger partial charge in [0, 0.05) is 31.2 Å². The Hall–Kier alpha value is -2.34. The molecule has 1 atom stereocenters. The van der Waals surface area contributed by atoms with Gasteiger partial charge < -0.3 is 19.7 Å². The van der Waals surface area contributed by atoms with Gasteiger partial charge >= 0.3 is 6.01 Å². The van der Waals surface area contributed by atoms with Crippen molar-refractivity contribution < 1.29 is 17.9 Å². The molecular formula is C16H19N5O4S2. The van der Waals surface area contributed by atoms with Gasteiger partial charge in [-0.2, -0.15) is 0 Å². The van der Waals surface area contributed by atoms with Crippen LogP contribution in [0.15, 0.2) is 47.6 Å². The maximum atomic E-state index is 11.3. The summed E-state index contributed by atoms with van der Waals surface area (Å²) >= 11 is 5.44. The third-order valence-corrected chi connectivity index (χ3v) is 5.09. The fourth-order valence-corrected chi connectivity index (χ4v) is 3.26. The van der Waals surface area contributed by atoms with Crippen LogP contribution in [0.4, 0.5) is 5.69 Å². The molecule has 1 fully saturated rings. The lowest BCUT2D eigenvalue weighted by Gasteiger charge is -2.34. The molecule has 0 bridgehead atoms.